The van der Waals surface area contributed by atoms with Gasteiger partial charge in [0.15, 0.2) is 0 Å². The van der Waals surface area contributed by atoms with Gasteiger partial charge in [0.2, 0.25) is 5.91 Å². The number of aliphatic hydroxyl groups excluding tert-OH is 2. The molecule has 0 aliphatic heterocycles. The van der Waals surface area contributed by atoms with Crippen LogP contribution in [0, 0.1) is 25.2 Å². The van der Waals surface area contributed by atoms with E-state index in [4.69, 9.17) is 9.84 Å². The van der Waals surface area contributed by atoms with E-state index >= 15 is 0 Å². The van der Waals surface area contributed by atoms with Crippen LogP contribution in [0.15, 0.2) is 12.1 Å². The summed E-state index contributed by atoms with van der Waals surface area (Å²) in [6.07, 6.45) is 3.63. The lowest BCUT2D eigenvalue weighted by Crippen LogP contribution is -2.42. The van der Waals surface area contributed by atoms with E-state index in [1.165, 1.54) is 6.42 Å². The minimum atomic E-state index is -1.14. The summed E-state index contributed by atoms with van der Waals surface area (Å²) in [5, 5.41) is 32.4. The number of carbonyl (C=O) groups excluding carboxylic acids is 1. The molecule has 7 nitrogen and oxygen atoms in total. The van der Waals surface area contributed by atoms with Crippen molar-refractivity contribution in [3.63, 3.8) is 0 Å². The summed E-state index contributed by atoms with van der Waals surface area (Å²) >= 11 is 0. The molecule has 1 aromatic rings. The molecule has 0 spiro atoms. The average Bonchev–Trinajstić information content (AvgIpc) is 2.76. The van der Waals surface area contributed by atoms with Crippen LogP contribution in [0.2, 0.25) is 0 Å². The monoisotopic (exact) mass is 477 g/mol. The fourth-order valence-electron chi connectivity index (χ4n) is 4.68. The first-order valence-corrected chi connectivity index (χ1v) is 12.6. The van der Waals surface area contributed by atoms with Crippen LogP contribution >= 0.6 is 0 Å². The zero-order valence-electron chi connectivity index (χ0n) is 21.4. The molecule has 0 heterocycles. The van der Waals surface area contributed by atoms with Gasteiger partial charge in [0.25, 0.3) is 0 Å². The predicted molar refractivity (Wildman–Crippen MR) is 132 cm³/mol. The van der Waals surface area contributed by atoms with E-state index in [0.717, 1.165) is 48.8 Å². The van der Waals surface area contributed by atoms with Crippen LogP contribution in [-0.4, -0.2) is 46.0 Å². The van der Waals surface area contributed by atoms with E-state index in [1.54, 1.807) is 0 Å². The number of rotatable bonds is 12. The third kappa shape index (κ3) is 7.98. The fourth-order valence-corrected chi connectivity index (χ4v) is 4.68. The van der Waals surface area contributed by atoms with Crippen LogP contribution < -0.4 is 10.1 Å². The Labute approximate surface area is 203 Å². The molecule has 0 saturated heterocycles. The summed E-state index contributed by atoms with van der Waals surface area (Å²) in [7, 11) is 0. The van der Waals surface area contributed by atoms with Crippen LogP contribution in [0.4, 0.5) is 0 Å². The Morgan fingerprint density at radius 2 is 1.76 bits per heavy atom. The van der Waals surface area contributed by atoms with Gasteiger partial charge in [-0.2, -0.15) is 0 Å². The summed E-state index contributed by atoms with van der Waals surface area (Å²) in [6.45, 7) is 9.83. The smallest absolute Gasteiger partial charge is 0.305 e. The van der Waals surface area contributed by atoms with Crippen LogP contribution in [-0.2, 0) is 9.59 Å². The Balaban J connectivity index is 2.32. The number of nitrogens with one attached hydrogen (secondary N) is 1. The molecule has 1 aliphatic rings. The molecule has 1 fully saturated rings. The molecule has 0 bridgehead atoms. The topological polar surface area (TPSA) is 116 Å². The highest BCUT2D eigenvalue weighted by Crippen LogP contribution is 2.40. The number of ether oxygens (including phenoxy) is 1. The number of aliphatic hydroxyl groups is 2. The summed E-state index contributed by atoms with van der Waals surface area (Å²) in [4.78, 5) is 24.0. The second-order valence-electron chi connectivity index (χ2n) is 10.5. The highest BCUT2D eigenvalue weighted by Gasteiger charge is 2.34. The number of carboxylic acids is 1. The number of hydrogen-bond acceptors (Lipinski definition) is 5. The molecular formula is C27H43NO6. The maximum Gasteiger partial charge on any atom is 0.305 e. The van der Waals surface area contributed by atoms with Gasteiger partial charge < -0.3 is 25.4 Å². The molecule has 1 unspecified atom stereocenters. The van der Waals surface area contributed by atoms with Gasteiger partial charge in [0, 0.05) is 17.4 Å². The third-order valence-electron chi connectivity index (χ3n) is 7.06. The highest BCUT2D eigenvalue weighted by molar-refractivity contribution is 5.82. The van der Waals surface area contributed by atoms with Crippen molar-refractivity contribution in [2.24, 2.45) is 11.3 Å². The van der Waals surface area contributed by atoms with E-state index in [-0.39, 0.29) is 25.0 Å². The highest BCUT2D eigenvalue weighted by atomic mass is 16.5. The minimum Gasteiger partial charge on any atom is -0.490 e. The maximum absolute atomic E-state index is 13.2. The summed E-state index contributed by atoms with van der Waals surface area (Å²) in [5.41, 5.74) is 2.42. The van der Waals surface area contributed by atoms with Crippen molar-refractivity contribution in [2.75, 3.05) is 6.61 Å². The van der Waals surface area contributed by atoms with Crippen LogP contribution in [0.3, 0.4) is 0 Å². The number of aryl methyl sites for hydroxylation is 2. The zero-order valence-corrected chi connectivity index (χ0v) is 21.4. The Morgan fingerprint density at radius 1 is 1.12 bits per heavy atom. The van der Waals surface area contributed by atoms with Crippen LogP contribution in [0.25, 0.3) is 0 Å². The summed E-state index contributed by atoms with van der Waals surface area (Å²) < 4.78 is 6.10. The van der Waals surface area contributed by atoms with Gasteiger partial charge in [-0.05, 0) is 44.6 Å². The first-order valence-electron chi connectivity index (χ1n) is 12.6. The molecular weight excluding hydrogens is 434 g/mol. The Kier molecular flexibility index (Phi) is 10.4. The van der Waals surface area contributed by atoms with E-state index in [0.29, 0.717) is 11.7 Å². The maximum atomic E-state index is 13.2. The van der Waals surface area contributed by atoms with Crippen molar-refractivity contribution in [3.8, 4) is 5.75 Å². The van der Waals surface area contributed by atoms with Crippen LogP contribution in [0.5, 0.6) is 5.75 Å². The van der Waals surface area contributed by atoms with E-state index < -0.39 is 30.0 Å². The molecule has 1 aliphatic carbocycles. The lowest BCUT2D eigenvalue weighted by molar-refractivity contribution is -0.139. The minimum absolute atomic E-state index is 0.0208. The number of aliphatic carboxylic acids is 1. The second kappa shape index (κ2) is 12.5. The van der Waals surface area contributed by atoms with Crippen molar-refractivity contribution in [3.05, 3.63) is 28.8 Å². The SMILES string of the molecule is CCC(C)(C)C(=O)NC(c1cc(C)cc(C)c1OC[C@@H](O)C[C@@H](O)CC(=O)O)C1CCCCC1. The summed E-state index contributed by atoms with van der Waals surface area (Å²) in [6, 6.07) is 3.88. The zero-order chi connectivity index (χ0) is 25.5. The molecule has 34 heavy (non-hydrogen) atoms. The lowest BCUT2D eigenvalue weighted by atomic mass is 9.79. The first-order chi connectivity index (χ1) is 15.9. The molecule has 3 atom stereocenters. The number of carbonyl (C=O) groups is 2. The number of carboxylic acid groups (broad SMARTS) is 1. The van der Waals surface area contributed by atoms with E-state index in [1.807, 2.05) is 40.7 Å². The molecule has 1 saturated carbocycles. The molecule has 0 radical (unpaired) electrons. The number of hydrogen-bond donors (Lipinski definition) is 4. The predicted octanol–water partition coefficient (Wildman–Crippen LogP) is 4.44. The number of amides is 1. The van der Waals surface area contributed by atoms with Crippen molar-refractivity contribution >= 4 is 11.9 Å². The molecule has 2 rings (SSSR count). The van der Waals surface area contributed by atoms with Gasteiger partial charge in [-0.25, -0.2) is 0 Å². The second-order valence-corrected chi connectivity index (χ2v) is 10.5. The Bertz CT molecular complexity index is 831. The Morgan fingerprint density at radius 3 is 2.35 bits per heavy atom. The standard InChI is InChI=1S/C27H43NO6/c1-6-27(4,5)26(33)28-24(19-10-8-7-9-11-19)22-13-17(2)12-18(3)25(22)34-16-21(30)14-20(29)15-23(31)32/h12-13,19-21,24,29-30H,6-11,14-16H2,1-5H3,(H,28,33)(H,31,32)/t20-,21+,24?/m1/s1. The molecule has 4 N–H and O–H groups in total. The molecule has 1 amide bonds. The molecule has 192 valence electrons. The lowest BCUT2D eigenvalue weighted by Gasteiger charge is -2.35. The van der Waals surface area contributed by atoms with Crippen molar-refractivity contribution < 1.29 is 29.6 Å². The largest absolute Gasteiger partial charge is 0.490 e. The van der Waals surface area contributed by atoms with Crippen molar-refractivity contribution in [2.45, 2.75) is 104 Å². The average molecular weight is 478 g/mol. The van der Waals surface area contributed by atoms with E-state index in [2.05, 4.69) is 11.4 Å². The van der Waals surface area contributed by atoms with Gasteiger partial charge in [-0.3, -0.25) is 9.59 Å². The fraction of sp³-hybridized carbons (Fsp3) is 0.704. The normalized spacial score (nSPS) is 17.6. The van der Waals surface area contributed by atoms with Crippen molar-refractivity contribution in [1.82, 2.24) is 5.32 Å². The van der Waals surface area contributed by atoms with Crippen molar-refractivity contribution in [1.29, 1.82) is 0 Å². The quantitative estimate of drug-likeness (QED) is 0.354. The first kappa shape index (κ1) is 28.1. The van der Waals surface area contributed by atoms with E-state index in [9.17, 15) is 19.8 Å². The van der Waals surface area contributed by atoms with Gasteiger partial charge >= 0.3 is 5.97 Å². The molecule has 0 aromatic heterocycles. The van der Waals surface area contributed by atoms with Gasteiger partial charge in [-0.1, -0.05) is 57.7 Å². The van der Waals surface area contributed by atoms with Gasteiger partial charge in [0.1, 0.15) is 12.4 Å². The third-order valence-corrected chi connectivity index (χ3v) is 7.06. The van der Waals surface area contributed by atoms with Crippen LogP contribution in [0.1, 0.15) is 94.9 Å². The van der Waals surface area contributed by atoms with Gasteiger partial charge in [-0.15, -0.1) is 0 Å². The molecule has 7 heteroatoms. The summed E-state index contributed by atoms with van der Waals surface area (Å²) in [5.74, 6) is -0.148. The number of benzene rings is 1. The van der Waals surface area contributed by atoms with Gasteiger partial charge in [0.05, 0.1) is 24.7 Å². The molecule has 1 aromatic carbocycles. The Hall–Kier alpha value is -2.12.